The number of likely N-dealkylation sites (tertiary alicyclic amines) is 1. The van der Waals surface area contributed by atoms with E-state index < -0.39 is 5.60 Å². The van der Waals surface area contributed by atoms with E-state index in [1.165, 1.54) is 7.11 Å². The van der Waals surface area contributed by atoms with Crippen LogP contribution in [-0.4, -0.2) is 47.9 Å². The first-order chi connectivity index (χ1) is 12.0. The molecule has 0 radical (unpaired) electrons. The molecule has 1 aromatic rings. The van der Waals surface area contributed by atoms with Crippen molar-refractivity contribution in [2.24, 2.45) is 0 Å². The maximum absolute atomic E-state index is 12.2. The zero-order chi connectivity index (χ0) is 19.5. The molecule has 0 spiro atoms. The van der Waals surface area contributed by atoms with Crippen LogP contribution in [0, 0.1) is 0 Å². The molecule has 0 aromatic heterocycles. The minimum absolute atomic E-state index is 0.171. The second kappa shape index (κ2) is 7.56. The first kappa shape index (κ1) is 20.1. The minimum atomic E-state index is -0.516. The predicted octanol–water partition coefficient (Wildman–Crippen LogP) is 3.40. The van der Waals surface area contributed by atoms with E-state index in [1.807, 2.05) is 26.8 Å². The lowest BCUT2D eigenvalue weighted by atomic mass is 9.73. The molecule has 0 unspecified atom stereocenters. The fraction of sp³-hybridized carbons (Fsp3) is 0.600. The van der Waals surface area contributed by atoms with Gasteiger partial charge < -0.3 is 19.5 Å². The van der Waals surface area contributed by atoms with Gasteiger partial charge >= 0.3 is 12.1 Å². The third kappa shape index (κ3) is 4.90. The number of rotatable bonds is 3. The molecule has 1 fully saturated rings. The van der Waals surface area contributed by atoms with Crippen molar-refractivity contribution in [1.29, 1.82) is 0 Å². The zero-order valence-corrected chi connectivity index (χ0v) is 16.3. The van der Waals surface area contributed by atoms with E-state index in [0.29, 0.717) is 25.9 Å². The topological polar surface area (TPSA) is 76.1 Å². The molecular weight excluding hydrogens is 334 g/mol. The number of phenols is 1. The van der Waals surface area contributed by atoms with Gasteiger partial charge in [-0.3, -0.25) is 4.79 Å². The summed E-state index contributed by atoms with van der Waals surface area (Å²) in [5.41, 5.74) is 0.829. The Morgan fingerprint density at radius 3 is 2.38 bits per heavy atom. The van der Waals surface area contributed by atoms with Crippen LogP contribution in [-0.2, 0) is 26.1 Å². The number of esters is 1. The van der Waals surface area contributed by atoms with Crippen LogP contribution in [0.3, 0.4) is 0 Å². The Balaban J connectivity index is 2.11. The van der Waals surface area contributed by atoms with Gasteiger partial charge in [0.25, 0.3) is 0 Å². The molecule has 0 bridgehead atoms. The molecule has 6 heteroatoms. The number of hydrogen-bond donors (Lipinski definition) is 1. The highest BCUT2D eigenvalue weighted by molar-refractivity contribution is 5.72. The number of nitrogens with zero attached hydrogens (tertiary/aromatic N) is 1. The van der Waals surface area contributed by atoms with Crippen LogP contribution >= 0.6 is 0 Å². The van der Waals surface area contributed by atoms with Crippen LogP contribution in [0.5, 0.6) is 5.75 Å². The molecule has 0 aliphatic carbocycles. The maximum Gasteiger partial charge on any atom is 0.410 e. The molecule has 1 saturated heterocycles. The van der Waals surface area contributed by atoms with E-state index in [0.717, 1.165) is 11.1 Å². The summed E-state index contributed by atoms with van der Waals surface area (Å²) >= 11 is 0. The minimum Gasteiger partial charge on any atom is -0.508 e. The summed E-state index contributed by atoms with van der Waals surface area (Å²) < 4.78 is 10.2. The van der Waals surface area contributed by atoms with Crippen LogP contribution in [0.15, 0.2) is 18.2 Å². The number of phenolic OH excluding ortho intramolecular Hbond substituents is 1. The number of aromatic hydroxyl groups is 1. The first-order valence-electron chi connectivity index (χ1n) is 8.91. The van der Waals surface area contributed by atoms with Crippen molar-refractivity contribution in [2.75, 3.05) is 20.2 Å². The smallest absolute Gasteiger partial charge is 0.410 e. The normalized spacial score (nSPS) is 16.9. The predicted molar refractivity (Wildman–Crippen MR) is 98.2 cm³/mol. The van der Waals surface area contributed by atoms with E-state index >= 15 is 0 Å². The lowest BCUT2D eigenvalue weighted by molar-refractivity contribution is -0.139. The Bertz CT molecular complexity index is 669. The van der Waals surface area contributed by atoms with Crippen molar-refractivity contribution in [3.8, 4) is 5.75 Å². The SMILES string of the molecule is COC(=O)Cc1ccc(O)c(C2(C)CCN(C(=O)OC(C)(C)C)CC2)c1. The standard InChI is InChI=1S/C20H29NO5/c1-19(2,3)26-18(24)21-10-8-20(4,9-11-21)15-12-14(6-7-16(15)22)13-17(23)25-5/h6-7,12,22H,8-11,13H2,1-5H3. The maximum atomic E-state index is 12.2. The number of amides is 1. The highest BCUT2D eigenvalue weighted by Gasteiger charge is 2.36. The fourth-order valence-corrected chi connectivity index (χ4v) is 3.19. The van der Waals surface area contributed by atoms with E-state index in [1.54, 1.807) is 17.0 Å². The molecule has 1 N–H and O–H groups in total. The summed E-state index contributed by atoms with van der Waals surface area (Å²) in [7, 11) is 1.36. The molecule has 26 heavy (non-hydrogen) atoms. The molecule has 144 valence electrons. The lowest BCUT2D eigenvalue weighted by Gasteiger charge is -2.40. The van der Waals surface area contributed by atoms with Gasteiger partial charge in [0.15, 0.2) is 0 Å². The first-order valence-corrected chi connectivity index (χ1v) is 8.91. The number of carbonyl (C=O) groups excluding carboxylic acids is 2. The van der Waals surface area contributed by atoms with Crippen LogP contribution in [0.4, 0.5) is 4.79 Å². The van der Waals surface area contributed by atoms with Crippen molar-refractivity contribution in [2.45, 2.75) is 58.0 Å². The molecule has 1 aliphatic rings. The van der Waals surface area contributed by atoms with Gasteiger partial charge in [-0.05, 0) is 50.7 Å². The van der Waals surface area contributed by atoms with E-state index in [2.05, 4.69) is 6.92 Å². The zero-order valence-electron chi connectivity index (χ0n) is 16.3. The van der Waals surface area contributed by atoms with Gasteiger partial charge in [0.05, 0.1) is 13.5 Å². The number of ether oxygens (including phenoxy) is 2. The molecule has 2 rings (SSSR count). The van der Waals surface area contributed by atoms with E-state index in [-0.39, 0.29) is 29.6 Å². The number of piperidine rings is 1. The van der Waals surface area contributed by atoms with Gasteiger partial charge in [-0.1, -0.05) is 19.1 Å². The van der Waals surface area contributed by atoms with Crippen LogP contribution in [0.25, 0.3) is 0 Å². The summed E-state index contributed by atoms with van der Waals surface area (Å²) in [6.45, 7) is 8.76. The Labute approximate surface area is 155 Å². The largest absolute Gasteiger partial charge is 0.508 e. The second-order valence-electron chi connectivity index (χ2n) is 8.13. The summed E-state index contributed by atoms with van der Waals surface area (Å²) in [6, 6.07) is 5.23. The number of benzene rings is 1. The Hall–Kier alpha value is -2.24. The monoisotopic (exact) mass is 363 g/mol. The summed E-state index contributed by atoms with van der Waals surface area (Å²) in [6.07, 6.45) is 1.29. The molecule has 0 saturated carbocycles. The Morgan fingerprint density at radius 2 is 1.85 bits per heavy atom. The molecule has 1 aromatic carbocycles. The van der Waals surface area contributed by atoms with Crippen molar-refractivity contribution >= 4 is 12.1 Å². The van der Waals surface area contributed by atoms with Crippen LogP contribution in [0.2, 0.25) is 0 Å². The van der Waals surface area contributed by atoms with Crippen LogP contribution in [0.1, 0.15) is 51.7 Å². The Kier molecular flexibility index (Phi) is 5.84. The highest BCUT2D eigenvalue weighted by atomic mass is 16.6. The molecule has 1 aliphatic heterocycles. The summed E-state index contributed by atoms with van der Waals surface area (Å²) in [5, 5.41) is 10.4. The molecule has 6 nitrogen and oxygen atoms in total. The summed E-state index contributed by atoms with van der Waals surface area (Å²) in [5.74, 6) is -0.0987. The molecule has 1 amide bonds. The van der Waals surface area contributed by atoms with E-state index in [9.17, 15) is 14.7 Å². The quantitative estimate of drug-likeness (QED) is 0.833. The van der Waals surface area contributed by atoms with Gasteiger partial charge in [-0.25, -0.2) is 4.79 Å². The van der Waals surface area contributed by atoms with Gasteiger partial charge in [0.2, 0.25) is 0 Å². The second-order valence-corrected chi connectivity index (χ2v) is 8.13. The lowest BCUT2D eigenvalue weighted by Crippen LogP contribution is -2.45. The van der Waals surface area contributed by atoms with Crippen molar-refractivity contribution in [3.63, 3.8) is 0 Å². The van der Waals surface area contributed by atoms with Gasteiger partial charge in [-0.15, -0.1) is 0 Å². The van der Waals surface area contributed by atoms with Crippen molar-refractivity contribution < 1.29 is 24.2 Å². The number of methoxy groups -OCH3 is 1. The fourth-order valence-electron chi connectivity index (χ4n) is 3.19. The highest BCUT2D eigenvalue weighted by Crippen LogP contribution is 2.40. The number of hydrogen-bond acceptors (Lipinski definition) is 5. The van der Waals surface area contributed by atoms with Gasteiger partial charge in [0.1, 0.15) is 11.4 Å². The number of carbonyl (C=O) groups is 2. The molecule has 0 atom stereocenters. The summed E-state index contributed by atoms with van der Waals surface area (Å²) in [4.78, 5) is 25.5. The van der Waals surface area contributed by atoms with Crippen molar-refractivity contribution in [1.82, 2.24) is 4.90 Å². The average Bonchev–Trinajstić information content (AvgIpc) is 2.55. The molecular formula is C20H29NO5. The third-order valence-electron chi connectivity index (χ3n) is 4.81. The van der Waals surface area contributed by atoms with E-state index in [4.69, 9.17) is 9.47 Å². The van der Waals surface area contributed by atoms with Gasteiger partial charge in [-0.2, -0.15) is 0 Å². The molecule has 1 heterocycles. The average molecular weight is 363 g/mol. The van der Waals surface area contributed by atoms with Gasteiger partial charge in [0, 0.05) is 18.7 Å². The third-order valence-corrected chi connectivity index (χ3v) is 4.81. The van der Waals surface area contributed by atoms with Crippen LogP contribution < -0.4 is 0 Å². The van der Waals surface area contributed by atoms with Crippen molar-refractivity contribution in [3.05, 3.63) is 29.3 Å². The Morgan fingerprint density at radius 1 is 1.23 bits per heavy atom.